The van der Waals surface area contributed by atoms with Crippen LogP contribution in [0.4, 0.5) is 15.8 Å². The number of hydrogen-bond donors (Lipinski definition) is 0. The molecule has 2 aromatic rings. The quantitative estimate of drug-likeness (QED) is 0.550. The van der Waals surface area contributed by atoms with Gasteiger partial charge in [0.2, 0.25) is 0 Å². The number of rotatable bonds is 4. The van der Waals surface area contributed by atoms with Crippen LogP contribution in [0.15, 0.2) is 47.5 Å². The summed E-state index contributed by atoms with van der Waals surface area (Å²) in [6.07, 6.45) is 4.84. The Morgan fingerprint density at radius 2 is 1.88 bits per heavy atom. The third kappa shape index (κ3) is 3.68. The van der Waals surface area contributed by atoms with Gasteiger partial charge in [-0.2, -0.15) is 0 Å². The first-order chi connectivity index (χ1) is 12.3. The number of fused-ring (bicyclic) bond motifs is 1. The van der Waals surface area contributed by atoms with E-state index in [2.05, 4.69) is 43.7 Å². The molecule has 0 unspecified atom stereocenters. The first-order valence-electron chi connectivity index (χ1n) is 8.92. The smallest absolute Gasteiger partial charge is 0.134 e. The fourth-order valence-corrected chi connectivity index (χ4v) is 3.64. The van der Waals surface area contributed by atoms with Crippen molar-refractivity contribution in [3.05, 3.63) is 64.4 Å². The highest BCUT2D eigenvalue weighted by Gasteiger charge is 2.31. The monoisotopic (exact) mass is 370 g/mol. The number of aliphatic imine (C=N–C) groups is 1. The van der Waals surface area contributed by atoms with Crippen LogP contribution in [0.1, 0.15) is 45.2 Å². The highest BCUT2D eigenvalue weighted by atomic mass is 35.5. The summed E-state index contributed by atoms with van der Waals surface area (Å²) in [5.74, 6) is -0.256. The number of allylic oxidation sites excluding steroid dienone is 1. The van der Waals surface area contributed by atoms with Crippen molar-refractivity contribution in [1.29, 1.82) is 0 Å². The van der Waals surface area contributed by atoms with Crippen molar-refractivity contribution in [2.24, 2.45) is 4.99 Å². The number of nitrogens with zero attached hydrogens (tertiary/aromatic N) is 2. The van der Waals surface area contributed by atoms with Crippen LogP contribution in [0, 0.1) is 5.82 Å². The lowest BCUT2D eigenvalue weighted by Crippen LogP contribution is -2.45. The maximum Gasteiger partial charge on any atom is 0.134 e. The lowest BCUT2D eigenvalue weighted by molar-refractivity contribution is 0.546. The van der Waals surface area contributed by atoms with Crippen LogP contribution in [0.2, 0.25) is 5.02 Å². The SMILES string of the molecule is CCCN1c2cc(F)c(C=Nc3ccc(Cl)cc3)cc2C(C)=CC1(C)C. The van der Waals surface area contributed by atoms with Crippen LogP contribution in [-0.2, 0) is 0 Å². The third-order valence-electron chi connectivity index (χ3n) is 4.72. The molecule has 0 atom stereocenters. The fraction of sp³-hybridized carbons (Fsp3) is 0.318. The molecule has 1 aliphatic heterocycles. The van der Waals surface area contributed by atoms with Gasteiger partial charge in [0.1, 0.15) is 5.82 Å². The highest BCUT2D eigenvalue weighted by Crippen LogP contribution is 2.40. The maximum absolute atomic E-state index is 14.8. The van der Waals surface area contributed by atoms with Gasteiger partial charge in [-0.25, -0.2) is 4.39 Å². The summed E-state index contributed by atoms with van der Waals surface area (Å²) in [6, 6.07) is 10.7. The van der Waals surface area contributed by atoms with Crippen molar-refractivity contribution in [1.82, 2.24) is 0 Å². The van der Waals surface area contributed by atoms with E-state index in [0.717, 1.165) is 29.9 Å². The standard InChI is InChI=1S/C22H24ClFN2/c1-5-10-26-21-12-20(24)16(11-19(21)15(2)13-22(26,3)4)14-25-18-8-6-17(23)7-9-18/h6-9,11-14H,5,10H2,1-4H3. The summed E-state index contributed by atoms with van der Waals surface area (Å²) < 4.78 is 14.8. The molecule has 0 saturated carbocycles. The van der Waals surface area contributed by atoms with Crippen LogP contribution < -0.4 is 4.90 Å². The van der Waals surface area contributed by atoms with Crippen molar-refractivity contribution in [2.75, 3.05) is 11.4 Å². The second-order valence-corrected chi connectivity index (χ2v) is 7.69. The van der Waals surface area contributed by atoms with Crippen LogP contribution in [0.25, 0.3) is 5.57 Å². The van der Waals surface area contributed by atoms with Crippen LogP contribution in [-0.4, -0.2) is 18.3 Å². The second kappa shape index (κ2) is 7.24. The Kier molecular flexibility index (Phi) is 5.19. The maximum atomic E-state index is 14.8. The van der Waals surface area contributed by atoms with E-state index in [1.54, 1.807) is 24.4 Å². The Bertz CT molecular complexity index is 866. The van der Waals surface area contributed by atoms with E-state index in [4.69, 9.17) is 11.6 Å². The zero-order valence-electron chi connectivity index (χ0n) is 15.7. The predicted octanol–water partition coefficient (Wildman–Crippen LogP) is 6.64. The van der Waals surface area contributed by atoms with Crippen molar-refractivity contribution in [2.45, 2.75) is 39.7 Å². The van der Waals surface area contributed by atoms with Gasteiger partial charge in [-0.05, 0) is 69.2 Å². The Hall–Kier alpha value is -2.13. The number of anilines is 1. The van der Waals surface area contributed by atoms with E-state index in [9.17, 15) is 4.39 Å². The zero-order valence-corrected chi connectivity index (χ0v) is 16.4. The molecule has 2 aromatic carbocycles. The molecule has 0 fully saturated rings. The fourth-order valence-electron chi connectivity index (χ4n) is 3.52. The van der Waals surface area contributed by atoms with Gasteiger partial charge in [0.25, 0.3) is 0 Å². The zero-order chi connectivity index (χ0) is 18.9. The topological polar surface area (TPSA) is 15.6 Å². The predicted molar refractivity (Wildman–Crippen MR) is 110 cm³/mol. The van der Waals surface area contributed by atoms with E-state index >= 15 is 0 Å². The lowest BCUT2D eigenvalue weighted by Gasteiger charge is -2.43. The largest absolute Gasteiger partial charge is 0.362 e. The van der Waals surface area contributed by atoms with Crippen molar-refractivity contribution in [3.63, 3.8) is 0 Å². The average Bonchev–Trinajstić information content (AvgIpc) is 2.58. The summed E-state index contributed by atoms with van der Waals surface area (Å²) in [7, 11) is 0. The van der Waals surface area contributed by atoms with Gasteiger partial charge in [0, 0.05) is 34.6 Å². The molecular formula is C22H24ClFN2. The van der Waals surface area contributed by atoms with Crippen molar-refractivity contribution >= 4 is 34.8 Å². The molecule has 0 aromatic heterocycles. The first kappa shape index (κ1) is 18.7. The molecule has 1 heterocycles. The molecule has 0 radical (unpaired) electrons. The van der Waals surface area contributed by atoms with Crippen LogP contribution in [0.5, 0.6) is 0 Å². The van der Waals surface area contributed by atoms with Gasteiger partial charge < -0.3 is 4.90 Å². The Morgan fingerprint density at radius 1 is 1.19 bits per heavy atom. The minimum atomic E-state index is -0.256. The number of benzene rings is 2. The molecule has 3 rings (SSSR count). The number of hydrogen-bond acceptors (Lipinski definition) is 2. The Balaban J connectivity index is 2.01. The minimum Gasteiger partial charge on any atom is -0.362 e. The molecule has 26 heavy (non-hydrogen) atoms. The second-order valence-electron chi connectivity index (χ2n) is 7.26. The van der Waals surface area contributed by atoms with E-state index in [1.165, 1.54) is 5.57 Å². The normalized spacial score (nSPS) is 15.9. The molecule has 136 valence electrons. The van der Waals surface area contributed by atoms with E-state index in [0.29, 0.717) is 10.6 Å². The van der Waals surface area contributed by atoms with Gasteiger partial charge in [-0.3, -0.25) is 4.99 Å². The summed E-state index contributed by atoms with van der Waals surface area (Å²) in [5, 5.41) is 0.656. The molecule has 0 saturated heterocycles. The molecule has 1 aliphatic rings. The summed E-state index contributed by atoms with van der Waals surface area (Å²) in [6.45, 7) is 9.46. The van der Waals surface area contributed by atoms with E-state index in [-0.39, 0.29) is 11.4 Å². The first-order valence-corrected chi connectivity index (χ1v) is 9.30. The lowest BCUT2D eigenvalue weighted by atomic mass is 9.87. The minimum absolute atomic E-state index is 0.127. The summed E-state index contributed by atoms with van der Waals surface area (Å²) in [5.41, 5.74) is 4.29. The number of halogens is 2. The van der Waals surface area contributed by atoms with E-state index < -0.39 is 0 Å². The third-order valence-corrected chi connectivity index (χ3v) is 4.97. The molecule has 0 spiro atoms. The van der Waals surface area contributed by atoms with Gasteiger partial charge in [-0.1, -0.05) is 24.6 Å². The van der Waals surface area contributed by atoms with Crippen molar-refractivity contribution < 1.29 is 4.39 Å². The Labute approximate surface area is 160 Å². The summed E-state index contributed by atoms with van der Waals surface area (Å²) in [4.78, 5) is 6.66. The molecule has 0 N–H and O–H groups in total. The van der Waals surface area contributed by atoms with Gasteiger partial charge in [0.15, 0.2) is 0 Å². The molecule has 2 nitrogen and oxygen atoms in total. The highest BCUT2D eigenvalue weighted by molar-refractivity contribution is 6.30. The van der Waals surface area contributed by atoms with Gasteiger partial charge in [0.05, 0.1) is 11.2 Å². The van der Waals surface area contributed by atoms with Gasteiger partial charge in [-0.15, -0.1) is 0 Å². The van der Waals surface area contributed by atoms with Crippen molar-refractivity contribution in [3.8, 4) is 0 Å². The molecule has 0 aliphatic carbocycles. The molecular weight excluding hydrogens is 347 g/mol. The van der Waals surface area contributed by atoms with Crippen LogP contribution >= 0.6 is 11.6 Å². The van der Waals surface area contributed by atoms with Crippen LogP contribution in [0.3, 0.4) is 0 Å². The summed E-state index contributed by atoms with van der Waals surface area (Å²) >= 11 is 5.89. The molecule has 4 heteroatoms. The average molecular weight is 371 g/mol. The molecule has 0 bridgehead atoms. The molecule has 0 amide bonds. The van der Waals surface area contributed by atoms with E-state index in [1.807, 2.05) is 18.2 Å². The van der Waals surface area contributed by atoms with Gasteiger partial charge >= 0.3 is 0 Å². The Morgan fingerprint density at radius 3 is 2.54 bits per heavy atom.